The molecule has 12 heavy (non-hydrogen) atoms. The van der Waals surface area contributed by atoms with Gasteiger partial charge in [-0.3, -0.25) is 0 Å². The molecule has 2 atom stereocenters. The minimum absolute atomic E-state index is 0.403. The summed E-state index contributed by atoms with van der Waals surface area (Å²) < 4.78 is 35.8. The van der Waals surface area contributed by atoms with Crippen molar-refractivity contribution < 1.29 is 18.3 Å². The predicted octanol–water partition coefficient (Wildman–Crippen LogP) is 1.05. The van der Waals surface area contributed by atoms with Crippen LogP contribution >= 0.6 is 0 Å². The highest BCUT2D eigenvalue weighted by molar-refractivity contribution is 4.83. The van der Waals surface area contributed by atoms with Gasteiger partial charge in [-0.05, 0) is 19.4 Å². The highest BCUT2D eigenvalue weighted by Gasteiger charge is 2.43. The van der Waals surface area contributed by atoms with Crippen molar-refractivity contribution in [2.45, 2.75) is 37.6 Å². The molecule has 2 N–H and O–H groups in total. The van der Waals surface area contributed by atoms with Crippen molar-refractivity contribution in [3.63, 3.8) is 0 Å². The van der Waals surface area contributed by atoms with Gasteiger partial charge in [0.25, 0.3) is 0 Å². The second-order valence-electron chi connectivity index (χ2n) is 3.04. The quantitative estimate of drug-likeness (QED) is 0.637. The smallest absolute Gasteiger partial charge is 0.382 e. The van der Waals surface area contributed by atoms with Crippen molar-refractivity contribution in [1.29, 1.82) is 0 Å². The van der Waals surface area contributed by atoms with Crippen LogP contribution in [-0.2, 0) is 0 Å². The number of nitrogens with one attached hydrogen (secondary N) is 1. The molecule has 0 saturated carbocycles. The van der Waals surface area contributed by atoms with Crippen molar-refractivity contribution >= 4 is 0 Å². The lowest BCUT2D eigenvalue weighted by molar-refractivity contribution is -0.213. The van der Waals surface area contributed by atoms with Crippen molar-refractivity contribution in [3.8, 4) is 0 Å². The molecule has 1 rings (SSSR count). The fraction of sp³-hybridized carbons (Fsp3) is 1.00. The first kappa shape index (κ1) is 9.80. The highest BCUT2D eigenvalue weighted by Crippen LogP contribution is 2.25. The van der Waals surface area contributed by atoms with E-state index in [0.717, 1.165) is 12.8 Å². The Morgan fingerprint density at radius 1 is 1.33 bits per heavy atom. The Labute approximate surface area is 68.8 Å². The van der Waals surface area contributed by atoms with E-state index < -0.39 is 18.3 Å². The van der Waals surface area contributed by atoms with Crippen LogP contribution < -0.4 is 5.32 Å². The van der Waals surface area contributed by atoms with Crippen molar-refractivity contribution in [3.05, 3.63) is 0 Å². The van der Waals surface area contributed by atoms with E-state index in [2.05, 4.69) is 5.32 Å². The molecule has 2 nitrogen and oxygen atoms in total. The molecule has 1 aliphatic heterocycles. The first-order valence-corrected chi connectivity index (χ1v) is 4.00. The summed E-state index contributed by atoms with van der Waals surface area (Å²) in [6.45, 7) is 0.567. The first-order valence-electron chi connectivity index (χ1n) is 4.00. The molecular formula is C7H12F3NO. The van der Waals surface area contributed by atoms with Gasteiger partial charge in [0.15, 0.2) is 6.10 Å². The van der Waals surface area contributed by atoms with E-state index in [-0.39, 0.29) is 0 Å². The summed E-state index contributed by atoms with van der Waals surface area (Å²) in [6.07, 6.45) is -4.65. The molecule has 0 radical (unpaired) electrons. The third-order valence-electron chi connectivity index (χ3n) is 2.06. The van der Waals surface area contributed by atoms with Crippen LogP contribution in [0.2, 0.25) is 0 Å². The molecule has 0 aromatic heterocycles. The summed E-state index contributed by atoms with van der Waals surface area (Å²) >= 11 is 0. The van der Waals surface area contributed by atoms with Crippen LogP contribution in [-0.4, -0.2) is 30.0 Å². The largest absolute Gasteiger partial charge is 0.415 e. The van der Waals surface area contributed by atoms with E-state index in [1.807, 2.05) is 0 Å². The second-order valence-corrected chi connectivity index (χ2v) is 3.04. The van der Waals surface area contributed by atoms with Crippen LogP contribution in [0.5, 0.6) is 0 Å². The Balaban J connectivity index is 2.45. The van der Waals surface area contributed by atoms with Gasteiger partial charge in [-0.15, -0.1) is 0 Å². The number of piperidine rings is 1. The van der Waals surface area contributed by atoms with Crippen molar-refractivity contribution in [2.24, 2.45) is 0 Å². The van der Waals surface area contributed by atoms with Crippen LogP contribution in [0.3, 0.4) is 0 Å². The number of alkyl halides is 3. The van der Waals surface area contributed by atoms with Gasteiger partial charge in [0, 0.05) is 6.04 Å². The molecule has 0 aromatic carbocycles. The van der Waals surface area contributed by atoms with E-state index in [4.69, 9.17) is 5.11 Å². The summed E-state index contributed by atoms with van der Waals surface area (Å²) in [7, 11) is 0. The van der Waals surface area contributed by atoms with E-state index in [9.17, 15) is 13.2 Å². The summed E-state index contributed by atoms with van der Waals surface area (Å²) in [5.41, 5.74) is 0. The van der Waals surface area contributed by atoms with Crippen LogP contribution in [0.4, 0.5) is 13.2 Å². The number of aliphatic hydroxyl groups excluding tert-OH is 1. The fourth-order valence-corrected chi connectivity index (χ4v) is 1.38. The average molecular weight is 183 g/mol. The maximum absolute atomic E-state index is 11.9. The normalized spacial score (nSPS) is 28.5. The molecule has 0 spiro atoms. The highest BCUT2D eigenvalue weighted by atomic mass is 19.4. The summed E-state index contributed by atoms with van der Waals surface area (Å²) in [5, 5.41) is 11.5. The molecule has 2 unspecified atom stereocenters. The number of hydrogen-bond acceptors (Lipinski definition) is 2. The number of rotatable bonds is 1. The molecule has 1 heterocycles. The lowest BCUT2D eigenvalue weighted by Crippen LogP contribution is -2.49. The summed E-state index contributed by atoms with van der Waals surface area (Å²) in [6, 6.07) is -0.807. The van der Waals surface area contributed by atoms with Crippen LogP contribution in [0.25, 0.3) is 0 Å². The Bertz CT molecular complexity index is 142. The van der Waals surface area contributed by atoms with Gasteiger partial charge >= 0.3 is 6.18 Å². The summed E-state index contributed by atoms with van der Waals surface area (Å²) in [5.74, 6) is 0. The number of halogens is 3. The van der Waals surface area contributed by atoms with Gasteiger partial charge in [0.05, 0.1) is 0 Å². The van der Waals surface area contributed by atoms with Crippen molar-refractivity contribution in [2.75, 3.05) is 6.54 Å². The van der Waals surface area contributed by atoms with Crippen molar-refractivity contribution in [1.82, 2.24) is 5.32 Å². The molecule has 1 saturated heterocycles. The maximum atomic E-state index is 11.9. The number of hydrogen-bond donors (Lipinski definition) is 2. The third-order valence-corrected chi connectivity index (χ3v) is 2.06. The SMILES string of the molecule is OC(C1CCCCN1)C(F)(F)F. The summed E-state index contributed by atoms with van der Waals surface area (Å²) in [4.78, 5) is 0. The molecule has 0 bridgehead atoms. The predicted molar refractivity (Wildman–Crippen MR) is 37.7 cm³/mol. The fourth-order valence-electron chi connectivity index (χ4n) is 1.38. The Hall–Kier alpha value is -0.290. The molecule has 5 heteroatoms. The topological polar surface area (TPSA) is 32.3 Å². The maximum Gasteiger partial charge on any atom is 0.415 e. The lowest BCUT2D eigenvalue weighted by Gasteiger charge is -2.29. The van der Waals surface area contributed by atoms with Gasteiger partial charge in [-0.25, -0.2) is 0 Å². The van der Waals surface area contributed by atoms with E-state index in [1.165, 1.54) is 0 Å². The standard InChI is InChI=1S/C7H12F3NO/c8-7(9,10)6(12)5-3-1-2-4-11-5/h5-6,11-12H,1-4H2. The molecule has 0 aromatic rings. The van der Waals surface area contributed by atoms with Gasteiger partial charge in [0.2, 0.25) is 0 Å². The molecule has 1 fully saturated rings. The zero-order valence-electron chi connectivity index (χ0n) is 6.56. The average Bonchev–Trinajstić information content (AvgIpc) is 2.03. The minimum atomic E-state index is -4.49. The van der Waals surface area contributed by atoms with E-state index in [0.29, 0.717) is 13.0 Å². The van der Waals surface area contributed by atoms with Gasteiger partial charge < -0.3 is 10.4 Å². The lowest BCUT2D eigenvalue weighted by atomic mass is 10.00. The molecular weight excluding hydrogens is 171 g/mol. The zero-order valence-corrected chi connectivity index (χ0v) is 6.56. The Morgan fingerprint density at radius 3 is 2.42 bits per heavy atom. The second kappa shape index (κ2) is 3.62. The number of aliphatic hydroxyl groups is 1. The van der Waals surface area contributed by atoms with Crippen LogP contribution in [0, 0.1) is 0 Å². The van der Waals surface area contributed by atoms with Crippen LogP contribution in [0.1, 0.15) is 19.3 Å². The van der Waals surface area contributed by atoms with Gasteiger partial charge in [0.1, 0.15) is 0 Å². The molecule has 0 aliphatic carbocycles. The Kier molecular flexibility index (Phi) is 2.95. The molecule has 0 amide bonds. The van der Waals surface area contributed by atoms with E-state index >= 15 is 0 Å². The molecule has 1 aliphatic rings. The van der Waals surface area contributed by atoms with E-state index in [1.54, 1.807) is 0 Å². The van der Waals surface area contributed by atoms with Gasteiger partial charge in [-0.2, -0.15) is 13.2 Å². The van der Waals surface area contributed by atoms with Gasteiger partial charge in [-0.1, -0.05) is 6.42 Å². The molecule has 72 valence electrons. The Morgan fingerprint density at radius 2 is 2.00 bits per heavy atom. The monoisotopic (exact) mass is 183 g/mol. The minimum Gasteiger partial charge on any atom is -0.382 e. The first-order chi connectivity index (χ1) is 5.52. The zero-order chi connectivity index (χ0) is 9.19. The third kappa shape index (κ3) is 2.35. The van der Waals surface area contributed by atoms with Crippen LogP contribution in [0.15, 0.2) is 0 Å².